The standard InChI is InChI=1S/C14H13N3O4/c1-3-19-10-6-4-5-9-7-11(20-12(9)10)13-16-17-14(21-13)15-8(2)18/h4-7H,3H2,1-2H3,(H,15,17,18). The van der Waals surface area contributed by atoms with Gasteiger partial charge < -0.3 is 13.6 Å². The molecule has 7 heteroatoms. The zero-order valence-corrected chi connectivity index (χ0v) is 11.5. The molecule has 1 aromatic carbocycles. The number of furan rings is 1. The molecular weight excluding hydrogens is 274 g/mol. The van der Waals surface area contributed by atoms with Gasteiger partial charge in [-0.15, -0.1) is 5.10 Å². The molecule has 108 valence electrons. The fraction of sp³-hybridized carbons (Fsp3) is 0.214. The quantitative estimate of drug-likeness (QED) is 0.793. The van der Waals surface area contributed by atoms with Crippen LogP contribution in [0.15, 0.2) is 33.1 Å². The Kier molecular flexibility index (Phi) is 3.31. The molecule has 0 saturated carbocycles. The molecule has 0 spiro atoms. The van der Waals surface area contributed by atoms with E-state index in [1.54, 1.807) is 6.07 Å². The van der Waals surface area contributed by atoms with Crippen molar-refractivity contribution in [1.82, 2.24) is 10.2 Å². The minimum absolute atomic E-state index is 0.0305. The number of benzene rings is 1. The number of aromatic nitrogens is 2. The lowest BCUT2D eigenvalue weighted by Gasteiger charge is -2.01. The average molecular weight is 287 g/mol. The zero-order chi connectivity index (χ0) is 14.8. The Morgan fingerprint density at radius 1 is 1.33 bits per heavy atom. The molecule has 0 saturated heterocycles. The maximum absolute atomic E-state index is 10.9. The smallest absolute Gasteiger partial charge is 0.322 e. The summed E-state index contributed by atoms with van der Waals surface area (Å²) in [5.41, 5.74) is 0.619. The number of amides is 1. The maximum atomic E-state index is 10.9. The van der Waals surface area contributed by atoms with Crippen molar-refractivity contribution in [2.24, 2.45) is 0 Å². The van der Waals surface area contributed by atoms with Crippen LogP contribution in [-0.2, 0) is 4.79 Å². The molecule has 3 rings (SSSR count). The zero-order valence-electron chi connectivity index (χ0n) is 11.5. The fourth-order valence-corrected chi connectivity index (χ4v) is 1.93. The van der Waals surface area contributed by atoms with Crippen molar-refractivity contribution in [3.63, 3.8) is 0 Å². The molecule has 21 heavy (non-hydrogen) atoms. The summed E-state index contributed by atoms with van der Waals surface area (Å²) in [5, 5.41) is 10.9. The lowest BCUT2D eigenvalue weighted by Crippen LogP contribution is -2.05. The molecule has 0 unspecified atom stereocenters. The van der Waals surface area contributed by atoms with Gasteiger partial charge in [0.2, 0.25) is 5.91 Å². The summed E-state index contributed by atoms with van der Waals surface area (Å²) in [7, 11) is 0. The largest absolute Gasteiger partial charge is 0.490 e. The molecule has 0 atom stereocenters. The van der Waals surface area contributed by atoms with Gasteiger partial charge in [-0.05, 0) is 19.1 Å². The summed E-state index contributed by atoms with van der Waals surface area (Å²) < 4.78 is 16.6. The predicted molar refractivity (Wildman–Crippen MR) is 75.0 cm³/mol. The van der Waals surface area contributed by atoms with Crippen molar-refractivity contribution >= 4 is 22.9 Å². The van der Waals surface area contributed by atoms with Gasteiger partial charge in [0, 0.05) is 12.3 Å². The summed E-state index contributed by atoms with van der Waals surface area (Å²) in [5.74, 6) is 0.981. The van der Waals surface area contributed by atoms with E-state index in [0.717, 1.165) is 5.39 Å². The van der Waals surface area contributed by atoms with E-state index in [1.807, 2.05) is 25.1 Å². The third kappa shape index (κ3) is 2.58. The van der Waals surface area contributed by atoms with Gasteiger partial charge in [0.25, 0.3) is 5.89 Å². The SMILES string of the molecule is CCOc1cccc2cc(-c3nnc(NC(C)=O)o3)oc12. The molecule has 2 aromatic heterocycles. The summed E-state index contributed by atoms with van der Waals surface area (Å²) in [6.45, 7) is 3.81. The number of ether oxygens (including phenoxy) is 1. The first-order valence-electron chi connectivity index (χ1n) is 6.44. The normalized spacial score (nSPS) is 10.8. The Morgan fingerprint density at radius 3 is 2.95 bits per heavy atom. The lowest BCUT2D eigenvalue weighted by molar-refractivity contribution is -0.114. The van der Waals surface area contributed by atoms with E-state index in [-0.39, 0.29) is 17.8 Å². The van der Waals surface area contributed by atoms with E-state index < -0.39 is 0 Å². The van der Waals surface area contributed by atoms with Crippen LogP contribution in [0, 0.1) is 0 Å². The van der Waals surface area contributed by atoms with E-state index in [1.165, 1.54) is 6.92 Å². The molecule has 1 amide bonds. The number of rotatable bonds is 4. The first-order valence-corrected chi connectivity index (χ1v) is 6.44. The van der Waals surface area contributed by atoms with E-state index in [0.29, 0.717) is 23.7 Å². The van der Waals surface area contributed by atoms with Gasteiger partial charge in [-0.1, -0.05) is 17.2 Å². The van der Waals surface area contributed by atoms with Gasteiger partial charge in [-0.2, -0.15) is 0 Å². The van der Waals surface area contributed by atoms with E-state index in [2.05, 4.69) is 15.5 Å². The molecule has 0 fully saturated rings. The third-order valence-electron chi connectivity index (χ3n) is 2.73. The first-order chi connectivity index (χ1) is 10.2. The lowest BCUT2D eigenvalue weighted by atomic mass is 10.2. The monoisotopic (exact) mass is 287 g/mol. The van der Waals surface area contributed by atoms with Crippen molar-refractivity contribution in [3.05, 3.63) is 24.3 Å². The Hall–Kier alpha value is -2.83. The summed E-state index contributed by atoms with van der Waals surface area (Å²) >= 11 is 0. The van der Waals surface area contributed by atoms with Crippen molar-refractivity contribution in [3.8, 4) is 17.4 Å². The van der Waals surface area contributed by atoms with Crippen LogP contribution in [0.25, 0.3) is 22.6 Å². The molecule has 0 aliphatic rings. The highest BCUT2D eigenvalue weighted by Gasteiger charge is 2.16. The van der Waals surface area contributed by atoms with Gasteiger partial charge in [-0.3, -0.25) is 10.1 Å². The number of anilines is 1. The molecule has 0 radical (unpaired) electrons. The van der Waals surface area contributed by atoms with E-state index in [9.17, 15) is 4.79 Å². The van der Waals surface area contributed by atoms with Crippen LogP contribution in [0.4, 0.5) is 6.01 Å². The highest BCUT2D eigenvalue weighted by atomic mass is 16.5. The average Bonchev–Trinajstić information content (AvgIpc) is 3.05. The van der Waals surface area contributed by atoms with Crippen LogP contribution in [-0.4, -0.2) is 22.7 Å². The van der Waals surface area contributed by atoms with E-state index in [4.69, 9.17) is 13.6 Å². The van der Waals surface area contributed by atoms with Crippen molar-refractivity contribution in [2.75, 3.05) is 11.9 Å². The van der Waals surface area contributed by atoms with Crippen LogP contribution in [0.2, 0.25) is 0 Å². The Labute approximate surface area is 119 Å². The number of carbonyl (C=O) groups is 1. The molecule has 1 N–H and O–H groups in total. The molecule has 3 aromatic rings. The molecular formula is C14H13N3O4. The number of para-hydroxylation sites is 1. The molecule has 0 bridgehead atoms. The Balaban J connectivity index is 1.99. The minimum Gasteiger partial charge on any atom is -0.490 e. The number of carbonyl (C=O) groups excluding carboxylic acids is 1. The summed E-state index contributed by atoms with van der Waals surface area (Å²) in [6.07, 6.45) is 0. The molecule has 7 nitrogen and oxygen atoms in total. The highest BCUT2D eigenvalue weighted by molar-refractivity contribution is 5.87. The van der Waals surface area contributed by atoms with Crippen LogP contribution in [0.1, 0.15) is 13.8 Å². The molecule has 0 aliphatic heterocycles. The number of nitrogens with zero attached hydrogens (tertiary/aromatic N) is 2. The van der Waals surface area contributed by atoms with E-state index >= 15 is 0 Å². The molecule has 0 aliphatic carbocycles. The van der Waals surface area contributed by atoms with Gasteiger partial charge in [0.15, 0.2) is 17.1 Å². The van der Waals surface area contributed by atoms with Crippen LogP contribution in [0.5, 0.6) is 5.75 Å². The second-order valence-corrected chi connectivity index (χ2v) is 4.31. The maximum Gasteiger partial charge on any atom is 0.322 e. The van der Waals surface area contributed by atoms with Crippen molar-refractivity contribution in [2.45, 2.75) is 13.8 Å². The highest BCUT2D eigenvalue weighted by Crippen LogP contribution is 2.33. The Bertz CT molecular complexity index is 790. The van der Waals surface area contributed by atoms with Gasteiger partial charge in [0.05, 0.1) is 6.61 Å². The van der Waals surface area contributed by atoms with Crippen molar-refractivity contribution in [1.29, 1.82) is 0 Å². The van der Waals surface area contributed by atoms with Gasteiger partial charge >= 0.3 is 6.01 Å². The minimum atomic E-state index is -0.284. The van der Waals surface area contributed by atoms with Gasteiger partial charge in [-0.25, -0.2) is 0 Å². The topological polar surface area (TPSA) is 90.4 Å². The first kappa shape index (κ1) is 13.2. The van der Waals surface area contributed by atoms with Crippen LogP contribution >= 0.6 is 0 Å². The van der Waals surface area contributed by atoms with Crippen LogP contribution < -0.4 is 10.1 Å². The summed E-state index contributed by atoms with van der Waals surface area (Å²) in [6, 6.07) is 7.42. The second-order valence-electron chi connectivity index (χ2n) is 4.31. The van der Waals surface area contributed by atoms with Crippen LogP contribution in [0.3, 0.4) is 0 Å². The second kappa shape index (κ2) is 5.28. The number of nitrogens with one attached hydrogen (secondary N) is 1. The number of fused-ring (bicyclic) bond motifs is 1. The summed E-state index contributed by atoms with van der Waals surface area (Å²) in [4.78, 5) is 10.9. The third-order valence-corrected chi connectivity index (χ3v) is 2.73. The Morgan fingerprint density at radius 2 is 2.19 bits per heavy atom. The van der Waals surface area contributed by atoms with Crippen molar-refractivity contribution < 1.29 is 18.4 Å². The molecule has 2 heterocycles. The number of hydrogen-bond donors (Lipinski definition) is 1. The predicted octanol–water partition coefficient (Wildman–Crippen LogP) is 2.84. The number of hydrogen-bond acceptors (Lipinski definition) is 6. The van der Waals surface area contributed by atoms with Gasteiger partial charge in [0.1, 0.15) is 0 Å². The fourth-order valence-electron chi connectivity index (χ4n) is 1.93.